The van der Waals surface area contributed by atoms with Gasteiger partial charge in [0.2, 0.25) is 5.91 Å². The van der Waals surface area contributed by atoms with Crippen molar-refractivity contribution in [2.45, 2.75) is 0 Å². The summed E-state index contributed by atoms with van der Waals surface area (Å²) in [5, 5.41) is 11.2. The Kier molecular flexibility index (Phi) is 2.49. The molecule has 0 aliphatic heterocycles. The SMILES string of the molecule is NC(=O)c1cccc(C(N)=NO)c1. The molecule has 1 aromatic carbocycles. The van der Waals surface area contributed by atoms with Gasteiger partial charge in [0.25, 0.3) is 0 Å². The molecule has 5 heteroatoms. The third kappa shape index (κ3) is 1.96. The quantitative estimate of drug-likeness (QED) is 0.255. The summed E-state index contributed by atoms with van der Waals surface area (Å²) in [7, 11) is 0. The Morgan fingerprint density at radius 3 is 2.46 bits per heavy atom. The molecule has 13 heavy (non-hydrogen) atoms. The number of nitrogens with two attached hydrogens (primary N) is 2. The number of oxime groups is 1. The molecule has 68 valence electrons. The van der Waals surface area contributed by atoms with Crippen molar-refractivity contribution < 1.29 is 10.0 Å². The first kappa shape index (κ1) is 9.05. The highest BCUT2D eigenvalue weighted by atomic mass is 16.4. The van der Waals surface area contributed by atoms with Gasteiger partial charge in [0, 0.05) is 11.1 Å². The van der Waals surface area contributed by atoms with Crippen molar-refractivity contribution in [1.29, 1.82) is 0 Å². The van der Waals surface area contributed by atoms with Crippen LogP contribution in [0.4, 0.5) is 0 Å². The minimum Gasteiger partial charge on any atom is -0.409 e. The number of amidine groups is 1. The van der Waals surface area contributed by atoms with Crippen LogP contribution < -0.4 is 11.5 Å². The summed E-state index contributed by atoms with van der Waals surface area (Å²) in [6.45, 7) is 0. The van der Waals surface area contributed by atoms with Crippen molar-refractivity contribution in [3.8, 4) is 0 Å². The number of hydrogen-bond acceptors (Lipinski definition) is 3. The zero-order valence-corrected chi connectivity index (χ0v) is 6.77. The zero-order chi connectivity index (χ0) is 9.84. The van der Waals surface area contributed by atoms with Gasteiger partial charge in [0.05, 0.1) is 0 Å². The molecule has 1 amide bonds. The topological polar surface area (TPSA) is 102 Å². The van der Waals surface area contributed by atoms with Crippen LogP contribution in [0.3, 0.4) is 0 Å². The van der Waals surface area contributed by atoms with Gasteiger partial charge >= 0.3 is 0 Å². The van der Waals surface area contributed by atoms with E-state index in [1.165, 1.54) is 6.07 Å². The monoisotopic (exact) mass is 179 g/mol. The van der Waals surface area contributed by atoms with Crippen LogP contribution in [0.2, 0.25) is 0 Å². The Hall–Kier alpha value is -2.04. The van der Waals surface area contributed by atoms with E-state index >= 15 is 0 Å². The lowest BCUT2D eigenvalue weighted by Gasteiger charge is -1.99. The average molecular weight is 179 g/mol. The molecule has 0 aliphatic carbocycles. The highest BCUT2D eigenvalue weighted by molar-refractivity contribution is 6.00. The number of amides is 1. The maximum absolute atomic E-state index is 10.7. The van der Waals surface area contributed by atoms with Crippen LogP contribution in [0.1, 0.15) is 15.9 Å². The first-order valence-electron chi connectivity index (χ1n) is 3.53. The number of carbonyl (C=O) groups is 1. The van der Waals surface area contributed by atoms with E-state index in [0.29, 0.717) is 11.1 Å². The van der Waals surface area contributed by atoms with Crippen LogP contribution >= 0.6 is 0 Å². The number of nitrogens with zero attached hydrogens (tertiary/aromatic N) is 1. The van der Waals surface area contributed by atoms with Crippen molar-refractivity contribution in [3.05, 3.63) is 35.4 Å². The van der Waals surface area contributed by atoms with Gasteiger partial charge in [-0.3, -0.25) is 4.79 Å². The first-order chi connectivity index (χ1) is 6.15. The van der Waals surface area contributed by atoms with E-state index in [-0.39, 0.29) is 5.84 Å². The molecule has 0 saturated heterocycles. The zero-order valence-electron chi connectivity index (χ0n) is 6.77. The van der Waals surface area contributed by atoms with Crippen molar-refractivity contribution in [1.82, 2.24) is 0 Å². The molecule has 0 heterocycles. The second-order valence-corrected chi connectivity index (χ2v) is 2.43. The average Bonchev–Trinajstić information content (AvgIpc) is 2.17. The Morgan fingerprint density at radius 2 is 1.92 bits per heavy atom. The summed E-state index contributed by atoms with van der Waals surface area (Å²) in [6, 6.07) is 6.23. The van der Waals surface area contributed by atoms with Crippen LogP contribution in [-0.4, -0.2) is 17.0 Å². The third-order valence-electron chi connectivity index (χ3n) is 1.55. The molecule has 0 unspecified atom stereocenters. The van der Waals surface area contributed by atoms with Crippen LogP contribution in [0.25, 0.3) is 0 Å². The normalized spacial score (nSPS) is 11.2. The minimum atomic E-state index is -0.549. The summed E-state index contributed by atoms with van der Waals surface area (Å²) in [5.41, 5.74) is 11.1. The highest BCUT2D eigenvalue weighted by Gasteiger charge is 2.03. The van der Waals surface area contributed by atoms with E-state index in [4.69, 9.17) is 16.7 Å². The molecule has 5 N–H and O–H groups in total. The number of hydrogen-bond donors (Lipinski definition) is 3. The largest absolute Gasteiger partial charge is 0.409 e. The Labute approximate surface area is 74.6 Å². The molecule has 0 saturated carbocycles. The van der Waals surface area contributed by atoms with Crippen molar-refractivity contribution >= 4 is 11.7 Å². The Balaban J connectivity index is 3.13. The lowest BCUT2D eigenvalue weighted by atomic mass is 10.1. The Bertz CT molecular complexity index is 360. The molecule has 1 rings (SSSR count). The standard InChI is InChI=1S/C8H9N3O2/c9-7(11-13)5-2-1-3-6(4-5)8(10)12/h1-4,13H,(H2,9,11)(H2,10,12). The molecule has 0 bridgehead atoms. The number of carbonyl (C=O) groups excluding carboxylic acids is 1. The van der Waals surface area contributed by atoms with Gasteiger partial charge in [-0.05, 0) is 12.1 Å². The van der Waals surface area contributed by atoms with Crippen LogP contribution in [-0.2, 0) is 0 Å². The number of benzene rings is 1. The fourth-order valence-corrected chi connectivity index (χ4v) is 0.890. The van der Waals surface area contributed by atoms with E-state index in [2.05, 4.69) is 5.16 Å². The van der Waals surface area contributed by atoms with Crippen molar-refractivity contribution in [2.75, 3.05) is 0 Å². The summed E-state index contributed by atoms with van der Waals surface area (Å²) >= 11 is 0. The van der Waals surface area contributed by atoms with Crippen molar-refractivity contribution in [2.24, 2.45) is 16.6 Å². The summed E-state index contributed by atoms with van der Waals surface area (Å²) < 4.78 is 0. The minimum absolute atomic E-state index is 0.0527. The smallest absolute Gasteiger partial charge is 0.248 e. The second kappa shape index (κ2) is 3.57. The van der Waals surface area contributed by atoms with Gasteiger partial charge in [-0.2, -0.15) is 0 Å². The molecule has 1 aromatic rings. The number of primary amides is 1. The van der Waals surface area contributed by atoms with E-state index in [9.17, 15) is 4.79 Å². The molecule has 5 nitrogen and oxygen atoms in total. The fraction of sp³-hybridized carbons (Fsp3) is 0. The summed E-state index contributed by atoms with van der Waals surface area (Å²) in [6.07, 6.45) is 0. The maximum Gasteiger partial charge on any atom is 0.248 e. The predicted octanol–water partition coefficient (Wildman–Crippen LogP) is -0.120. The lowest BCUT2D eigenvalue weighted by molar-refractivity contribution is 0.100. The van der Waals surface area contributed by atoms with Crippen LogP contribution in [0, 0.1) is 0 Å². The van der Waals surface area contributed by atoms with Gasteiger partial charge in [-0.25, -0.2) is 0 Å². The highest BCUT2D eigenvalue weighted by Crippen LogP contribution is 2.03. The van der Waals surface area contributed by atoms with Gasteiger partial charge in [0.15, 0.2) is 5.84 Å². The van der Waals surface area contributed by atoms with Gasteiger partial charge in [-0.1, -0.05) is 17.3 Å². The number of rotatable bonds is 2. The fourth-order valence-electron chi connectivity index (χ4n) is 0.890. The van der Waals surface area contributed by atoms with Gasteiger partial charge < -0.3 is 16.7 Å². The first-order valence-corrected chi connectivity index (χ1v) is 3.53. The van der Waals surface area contributed by atoms with Crippen LogP contribution in [0.5, 0.6) is 0 Å². The van der Waals surface area contributed by atoms with Gasteiger partial charge in [0.1, 0.15) is 0 Å². The molecule has 0 radical (unpaired) electrons. The maximum atomic E-state index is 10.7. The summed E-state index contributed by atoms with van der Waals surface area (Å²) in [4.78, 5) is 10.7. The molecular weight excluding hydrogens is 170 g/mol. The molecule has 0 atom stereocenters. The molecule has 0 aromatic heterocycles. The molecule has 0 aliphatic rings. The molecule has 0 fully saturated rings. The van der Waals surface area contributed by atoms with E-state index in [1.54, 1.807) is 18.2 Å². The Morgan fingerprint density at radius 1 is 1.31 bits per heavy atom. The van der Waals surface area contributed by atoms with E-state index in [1.807, 2.05) is 0 Å². The van der Waals surface area contributed by atoms with E-state index < -0.39 is 5.91 Å². The predicted molar refractivity (Wildman–Crippen MR) is 47.5 cm³/mol. The molecule has 0 spiro atoms. The van der Waals surface area contributed by atoms with E-state index in [0.717, 1.165) is 0 Å². The van der Waals surface area contributed by atoms with Gasteiger partial charge in [-0.15, -0.1) is 0 Å². The third-order valence-corrected chi connectivity index (χ3v) is 1.55. The summed E-state index contributed by atoms with van der Waals surface area (Å²) in [5.74, 6) is -0.601. The molecular formula is C8H9N3O2. The lowest BCUT2D eigenvalue weighted by Crippen LogP contribution is -2.16. The van der Waals surface area contributed by atoms with Crippen molar-refractivity contribution in [3.63, 3.8) is 0 Å². The second-order valence-electron chi connectivity index (χ2n) is 2.43. The van der Waals surface area contributed by atoms with Crippen LogP contribution in [0.15, 0.2) is 29.4 Å².